The van der Waals surface area contributed by atoms with Gasteiger partial charge in [-0.25, -0.2) is 4.79 Å². The fourth-order valence-electron chi connectivity index (χ4n) is 6.10. The second kappa shape index (κ2) is 13.0. The minimum Gasteiger partial charge on any atom is -0.444 e. The lowest BCUT2D eigenvalue weighted by molar-refractivity contribution is -0.125. The molecule has 1 N–H and O–H groups in total. The van der Waals surface area contributed by atoms with Crippen LogP contribution in [0.5, 0.6) is 0 Å². The van der Waals surface area contributed by atoms with Crippen LogP contribution < -0.4 is 10.2 Å². The van der Waals surface area contributed by atoms with Gasteiger partial charge < -0.3 is 29.3 Å². The maximum absolute atomic E-state index is 13.0. The third kappa shape index (κ3) is 8.13. The molecule has 224 valence electrons. The van der Waals surface area contributed by atoms with Gasteiger partial charge in [-0.15, -0.1) is 0 Å². The van der Waals surface area contributed by atoms with E-state index in [0.29, 0.717) is 41.8 Å². The second-order valence-electron chi connectivity index (χ2n) is 12.8. The molecule has 2 aromatic rings. The summed E-state index contributed by atoms with van der Waals surface area (Å²) in [7, 11) is 0. The predicted molar refractivity (Wildman–Crippen MR) is 158 cm³/mol. The van der Waals surface area contributed by atoms with Crippen LogP contribution in [0.2, 0.25) is 5.02 Å². The van der Waals surface area contributed by atoms with Crippen molar-refractivity contribution >= 4 is 29.6 Å². The van der Waals surface area contributed by atoms with Gasteiger partial charge in [-0.05, 0) is 95.5 Å². The van der Waals surface area contributed by atoms with E-state index in [1.54, 1.807) is 12.1 Å². The van der Waals surface area contributed by atoms with Crippen LogP contribution in [-0.4, -0.2) is 89.9 Å². The fourth-order valence-corrected chi connectivity index (χ4v) is 6.23. The van der Waals surface area contributed by atoms with E-state index in [2.05, 4.69) is 25.3 Å². The molecule has 2 atom stereocenters. The van der Waals surface area contributed by atoms with Crippen molar-refractivity contribution in [2.45, 2.75) is 58.5 Å². The molecular weight excluding hydrogens is 544 g/mol. The molecule has 3 aliphatic rings. The lowest BCUT2D eigenvalue weighted by Crippen LogP contribution is -2.45. The Morgan fingerprint density at radius 2 is 1.78 bits per heavy atom. The average molecular weight is 587 g/mol. The average Bonchev–Trinajstić information content (AvgIpc) is 3.62. The number of ether oxygens (including phenoxy) is 1. The van der Waals surface area contributed by atoms with Crippen molar-refractivity contribution in [1.29, 1.82) is 0 Å². The number of halogens is 1. The molecule has 10 nitrogen and oxygen atoms in total. The first kappa shape index (κ1) is 29.6. The van der Waals surface area contributed by atoms with Gasteiger partial charge in [-0.1, -0.05) is 16.8 Å². The van der Waals surface area contributed by atoms with Crippen molar-refractivity contribution in [3.05, 3.63) is 29.3 Å². The summed E-state index contributed by atoms with van der Waals surface area (Å²) in [6.07, 6.45) is 4.58. The molecule has 2 amide bonds. The Kier molecular flexibility index (Phi) is 9.38. The molecule has 0 spiro atoms. The SMILES string of the molecule is CC(C)(C)OC(=O)N1CCC[C@@H](CN2CC[C@H](CNC(=O)C3CCN(c4nc(-c5ccc(Cl)cc5)no4)CC3)C2)C1. The molecule has 3 fully saturated rings. The first-order valence-electron chi connectivity index (χ1n) is 15.0. The summed E-state index contributed by atoms with van der Waals surface area (Å²) in [5, 5.41) is 8.00. The number of anilines is 1. The molecule has 0 saturated carbocycles. The van der Waals surface area contributed by atoms with Crippen molar-refractivity contribution in [3.63, 3.8) is 0 Å². The largest absolute Gasteiger partial charge is 0.444 e. The Morgan fingerprint density at radius 3 is 2.51 bits per heavy atom. The van der Waals surface area contributed by atoms with Crippen LogP contribution in [0.25, 0.3) is 11.4 Å². The number of carbonyl (C=O) groups is 2. The highest BCUT2D eigenvalue weighted by Crippen LogP contribution is 2.27. The fraction of sp³-hybridized carbons (Fsp3) is 0.667. The van der Waals surface area contributed by atoms with Crippen LogP contribution >= 0.6 is 11.6 Å². The van der Waals surface area contributed by atoms with Gasteiger partial charge in [0.05, 0.1) is 0 Å². The van der Waals surface area contributed by atoms with E-state index in [1.165, 1.54) is 0 Å². The Morgan fingerprint density at radius 1 is 1.02 bits per heavy atom. The molecule has 3 aliphatic heterocycles. The van der Waals surface area contributed by atoms with E-state index in [-0.39, 0.29) is 17.9 Å². The summed E-state index contributed by atoms with van der Waals surface area (Å²) in [5.41, 5.74) is 0.385. The van der Waals surface area contributed by atoms with E-state index in [9.17, 15) is 9.59 Å². The molecule has 0 aliphatic carbocycles. The lowest BCUT2D eigenvalue weighted by atomic mass is 9.96. The number of nitrogens with one attached hydrogen (secondary N) is 1. The van der Waals surface area contributed by atoms with Crippen LogP contribution in [0.1, 0.15) is 52.9 Å². The van der Waals surface area contributed by atoms with E-state index in [0.717, 1.165) is 76.9 Å². The lowest BCUT2D eigenvalue weighted by Gasteiger charge is -2.35. The maximum Gasteiger partial charge on any atom is 0.410 e. The van der Waals surface area contributed by atoms with Gasteiger partial charge in [-0.2, -0.15) is 4.98 Å². The molecule has 3 saturated heterocycles. The summed E-state index contributed by atoms with van der Waals surface area (Å²) in [6.45, 7) is 12.4. The van der Waals surface area contributed by atoms with Crippen LogP contribution in [0.3, 0.4) is 0 Å². The van der Waals surface area contributed by atoms with Gasteiger partial charge in [0.15, 0.2) is 0 Å². The zero-order chi connectivity index (χ0) is 29.0. The number of amides is 2. The van der Waals surface area contributed by atoms with E-state index in [4.69, 9.17) is 20.9 Å². The summed E-state index contributed by atoms with van der Waals surface area (Å²) in [5.74, 6) is 1.62. The zero-order valence-corrected chi connectivity index (χ0v) is 25.2. The molecule has 1 aromatic heterocycles. The number of carbonyl (C=O) groups excluding carboxylic acids is 2. The molecule has 4 heterocycles. The maximum atomic E-state index is 13.0. The standard InChI is InChI=1S/C30H43ClN6O4/c1-30(2,3)40-29(39)37-13-4-5-22(20-37)19-35-14-10-21(18-35)17-32-27(38)24-11-15-36(16-12-24)28-33-26(34-41-28)23-6-8-25(31)9-7-23/h6-9,21-22,24H,4-5,10-20H2,1-3H3,(H,32,38)/t21-,22+/m1/s1. The van der Waals surface area contributed by atoms with E-state index < -0.39 is 5.60 Å². The Balaban J connectivity index is 1.01. The number of aromatic nitrogens is 2. The zero-order valence-electron chi connectivity index (χ0n) is 24.5. The smallest absolute Gasteiger partial charge is 0.410 e. The number of piperidine rings is 2. The quantitative estimate of drug-likeness (QED) is 0.498. The molecule has 41 heavy (non-hydrogen) atoms. The molecule has 0 bridgehead atoms. The Bertz CT molecular complexity index is 1170. The highest BCUT2D eigenvalue weighted by molar-refractivity contribution is 6.30. The number of nitrogens with zero attached hydrogens (tertiary/aromatic N) is 5. The molecular formula is C30H43ClN6O4. The van der Waals surface area contributed by atoms with E-state index >= 15 is 0 Å². The topological polar surface area (TPSA) is 104 Å². The van der Waals surface area contributed by atoms with Crippen molar-refractivity contribution in [2.75, 3.05) is 57.3 Å². The van der Waals surface area contributed by atoms with Crippen molar-refractivity contribution < 1.29 is 18.8 Å². The normalized spacial score (nSPS) is 22.6. The Labute approximate surface area is 247 Å². The minimum atomic E-state index is -0.468. The molecule has 0 radical (unpaired) electrons. The van der Waals surface area contributed by atoms with Crippen LogP contribution in [-0.2, 0) is 9.53 Å². The van der Waals surface area contributed by atoms with Crippen LogP contribution in [0.15, 0.2) is 28.8 Å². The minimum absolute atomic E-state index is 0.00323. The highest BCUT2D eigenvalue weighted by atomic mass is 35.5. The number of benzene rings is 1. The summed E-state index contributed by atoms with van der Waals surface area (Å²) >= 11 is 5.97. The summed E-state index contributed by atoms with van der Waals surface area (Å²) in [6, 6.07) is 7.84. The third-order valence-corrected chi connectivity index (χ3v) is 8.53. The van der Waals surface area contributed by atoms with E-state index in [1.807, 2.05) is 37.8 Å². The predicted octanol–water partition coefficient (Wildman–Crippen LogP) is 4.69. The summed E-state index contributed by atoms with van der Waals surface area (Å²) < 4.78 is 11.1. The molecule has 0 unspecified atom stereocenters. The first-order chi connectivity index (χ1) is 19.6. The molecule has 1 aromatic carbocycles. The molecule has 5 rings (SSSR count). The van der Waals surface area contributed by atoms with Gasteiger partial charge in [0.2, 0.25) is 11.7 Å². The third-order valence-electron chi connectivity index (χ3n) is 8.28. The van der Waals surface area contributed by atoms with Gasteiger partial charge in [0.1, 0.15) is 5.60 Å². The van der Waals surface area contributed by atoms with Gasteiger partial charge in [-0.3, -0.25) is 4.79 Å². The molecule has 11 heteroatoms. The van der Waals surface area contributed by atoms with Gasteiger partial charge in [0.25, 0.3) is 0 Å². The van der Waals surface area contributed by atoms with Crippen molar-refractivity contribution in [3.8, 4) is 11.4 Å². The second-order valence-corrected chi connectivity index (χ2v) is 13.2. The van der Waals surface area contributed by atoms with Crippen molar-refractivity contribution in [1.82, 2.24) is 25.3 Å². The monoisotopic (exact) mass is 586 g/mol. The van der Waals surface area contributed by atoms with Gasteiger partial charge >= 0.3 is 12.1 Å². The number of hydrogen-bond acceptors (Lipinski definition) is 8. The number of likely N-dealkylation sites (tertiary alicyclic amines) is 2. The van der Waals surface area contributed by atoms with Crippen LogP contribution in [0, 0.1) is 17.8 Å². The van der Waals surface area contributed by atoms with Crippen molar-refractivity contribution in [2.24, 2.45) is 17.8 Å². The van der Waals surface area contributed by atoms with Gasteiger partial charge in [0, 0.05) is 62.3 Å². The van der Waals surface area contributed by atoms with Crippen LogP contribution in [0.4, 0.5) is 10.8 Å². The number of hydrogen-bond donors (Lipinski definition) is 1. The first-order valence-corrected chi connectivity index (χ1v) is 15.3. The number of rotatable bonds is 7. The summed E-state index contributed by atoms with van der Waals surface area (Å²) in [4.78, 5) is 36.4. The Hall–Kier alpha value is -2.85. The highest BCUT2D eigenvalue weighted by Gasteiger charge is 2.32.